The number of nitriles is 1. The smallest absolute Gasteiger partial charge is 0.128 e. The Bertz CT molecular complexity index is 643. The second-order valence-electron chi connectivity index (χ2n) is 5.22. The zero-order valence-corrected chi connectivity index (χ0v) is 12.0. The Labute approximate surface area is 124 Å². The molecule has 1 aromatic carbocycles. The van der Waals surface area contributed by atoms with Crippen molar-refractivity contribution in [1.82, 2.24) is 4.98 Å². The number of nitrogens with zero attached hydrogens (tertiary/aromatic N) is 3. The molecule has 4 nitrogen and oxygen atoms in total. The molecule has 0 saturated carbocycles. The number of rotatable bonds is 3. The fourth-order valence-electron chi connectivity index (χ4n) is 2.76. The van der Waals surface area contributed by atoms with Crippen molar-refractivity contribution in [2.45, 2.75) is 12.3 Å². The third-order valence-corrected chi connectivity index (χ3v) is 3.98. The number of hydrogen-bond acceptors (Lipinski definition) is 4. The molecule has 21 heavy (non-hydrogen) atoms. The van der Waals surface area contributed by atoms with Crippen molar-refractivity contribution < 1.29 is 4.74 Å². The molecule has 0 unspecified atom stereocenters. The summed E-state index contributed by atoms with van der Waals surface area (Å²) in [7, 11) is 1.68. The van der Waals surface area contributed by atoms with Crippen molar-refractivity contribution in [3.63, 3.8) is 0 Å². The van der Waals surface area contributed by atoms with Crippen LogP contribution >= 0.6 is 0 Å². The van der Waals surface area contributed by atoms with Gasteiger partial charge < -0.3 is 9.64 Å². The standard InChI is InChI=1S/C17H17N3O/c1-21-16-5-3-14(4-6-16)15-8-9-20(12-15)17-7-2-13(10-18)11-19-17/h2-7,11,15H,8-9,12H2,1H3/t15-/m0/s1. The lowest BCUT2D eigenvalue weighted by Crippen LogP contribution is -2.20. The molecule has 2 aromatic rings. The molecular formula is C17H17N3O. The zero-order chi connectivity index (χ0) is 14.7. The molecule has 0 radical (unpaired) electrons. The predicted octanol–water partition coefficient (Wildman–Crippen LogP) is 2.96. The van der Waals surface area contributed by atoms with Crippen LogP contribution in [0.15, 0.2) is 42.6 Å². The van der Waals surface area contributed by atoms with Gasteiger partial charge in [-0.15, -0.1) is 0 Å². The minimum atomic E-state index is 0.522. The first-order valence-electron chi connectivity index (χ1n) is 7.05. The van der Waals surface area contributed by atoms with Gasteiger partial charge in [-0.25, -0.2) is 4.98 Å². The number of ether oxygens (including phenoxy) is 1. The van der Waals surface area contributed by atoms with Gasteiger partial charge in [0.05, 0.1) is 12.7 Å². The molecule has 2 heterocycles. The van der Waals surface area contributed by atoms with Gasteiger partial charge in [-0.3, -0.25) is 0 Å². The molecule has 1 atom stereocenters. The van der Waals surface area contributed by atoms with Crippen LogP contribution in [0.3, 0.4) is 0 Å². The van der Waals surface area contributed by atoms with E-state index in [0.29, 0.717) is 11.5 Å². The average Bonchev–Trinajstić information content (AvgIpc) is 3.05. The molecule has 0 amide bonds. The van der Waals surface area contributed by atoms with Crippen LogP contribution in [-0.2, 0) is 0 Å². The van der Waals surface area contributed by atoms with Gasteiger partial charge in [-0.2, -0.15) is 5.26 Å². The number of benzene rings is 1. The van der Waals surface area contributed by atoms with Crippen LogP contribution in [0.1, 0.15) is 23.5 Å². The van der Waals surface area contributed by atoms with Crippen molar-refractivity contribution in [1.29, 1.82) is 5.26 Å². The van der Waals surface area contributed by atoms with Crippen molar-refractivity contribution in [2.24, 2.45) is 0 Å². The number of aromatic nitrogens is 1. The largest absolute Gasteiger partial charge is 0.497 e. The first kappa shape index (κ1) is 13.4. The molecule has 1 fully saturated rings. The molecule has 106 valence electrons. The highest BCUT2D eigenvalue weighted by molar-refractivity contribution is 5.44. The number of hydrogen-bond donors (Lipinski definition) is 0. The molecule has 1 saturated heterocycles. The van der Waals surface area contributed by atoms with Crippen molar-refractivity contribution >= 4 is 5.82 Å². The van der Waals surface area contributed by atoms with E-state index in [9.17, 15) is 0 Å². The maximum absolute atomic E-state index is 8.81. The summed E-state index contributed by atoms with van der Waals surface area (Å²) < 4.78 is 5.20. The fraction of sp³-hybridized carbons (Fsp3) is 0.294. The summed E-state index contributed by atoms with van der Waals surface area (Å²) in [6.45, 7) is 1.96. The highest BCUT2D eigenvalue weighted by atomic mass is 16.5. The molecule has 1 aliphatic heterocycles. The van der Waals surface area contributed by atoms with Crippen LogP contribution in [-0.4, -0.2) is 25.2 Å². The van der Waals surface area contributed by atoms with Gasteiger partial charge >= 0.3 is 0 Å². The monoisotopic (exact) mass is 279 g/mol. The molecule has 3 rings (SSSR count). The molecule has 0 aliphatic carbocycles. The lowest BCUT2D eigenvalue weighted by Gasteiger charge is -2.17. The van der Waals surface area contributed by atoms with Gasteiger partial charge in [0.25, 0.3) is 0 Å². The van der Waals surface area contributed by atoms with Crippen molar-refractivity contribution in [2.75, 3.05) is 25.1 Å². The normalized spacial score (nSPS) is 17.5. The molecule has 0 spiro atoms. The average molecular weight is 279 g/mol. The number of pyridine rings is 1. The van der Waals surface area contributed by atoms with Gasteiger partial charge in [-0.1, -0.05) is 12.1 Å². The lowest BCUT2D eigenvalue weighted by molar-refractivity contribution is 0.414. The second-order valence-corrected chi connectivity index (χ2v) is 5.22. The minimum absolute atomic E-state index is 0.522. The first-order valence-corrected chi connectivity index (χ1v) is 7.05. The van der Waals surface area contributed by atoms with Gasteiger partial charge in [0.2, 0.25) is 0 Å². The van der Waals surface area contributed by atoms with Gasteiger partial charge in [0.15, 0.2) is 0 Å². The Kier molecular flexibility index (Phi) is 3.74. The van der Waals surface area contributed by atoms with Gasteiger partial charge in [0.1, 0.15) is 17.6 Å². The number of methoxy groups -OCH3 is 1. The van der Waals surface area contributed by atoms with Gasteiger partial charge in [-0.05, 0) is 36.2 Å². The summed E-state index contributed by atoms with van der Waals surface area (Å²) >= 11 is 0. The maximum atomic E-state index is 8.81. The molecule has 1 aromatic heterocycles. The Balaban J connectivity index is 1.70. The third kappa shape index (κ3) is 2.82. The second kappa shape index (κ2) is 5.84. The van der Waals surface area contributed by atoms with Crippen molar-refractivity contribution in [3.8, 4) is 11.8 Å². The Morgan fingerprint density at radius 1 is 1.24 bits per heavy atom. The molecule has 4 heteroatoms. The zero-order valence-electron chi connectivity index (χ0n) is 12.0. The Hall–Kier alpha value is -2.54. The fourth-order valence-corrected chi connectivity index (χ4v) is 2.76. The molecule has 0 N–H and O–H groups in total. The van der Waals surface area contributed by atoms with Crippen LogP contribution in [0.5, 0.6) is 5.75 Å². The van der Waals surface area contributed by atoms with E-state index in [4.69, 9.17) is 10.00 Å². The summed E-state index contributed by atoms with van der Waals surface area (Å²) in [6.07, 6.45) is 2.75. The minimum Gasteiger partial charge on any atom is -0.497 e. The van der Waals surface area contributed by atoms with Crippen molar-refractivity contribution in [3.05, 3.63) is 53.7 Å². The summed E-state index contributed by atoms with van der Waals surface area (Å²) in [5.74, 6) is 2.36. The summed E-state index contributed by atoms with van der Waals surface area (Å²) in [4.78, 5) is 6.64. The van der Waals surface area contributed by atoms with E-state index in [2.05, 4.69) is 28.1 Å². The maximum Gasteiger partial charge on any atom is 0.128 e. The van der Waals surface area contributed by atoms with E-state index >= 15 is 0 Å². The quantitative estimate of drug-likeness (QED) is 0.866. The Morgan fingerprint density at radius 2 is 2.05 bits per heavy atom. The van der Waals surface area contributed by atoms with Crippen LogP contribution in [0.4, 0.5) is 5.82 Å². The van der Waals surface area contributed by atoms with Crippen LogP contribution < -0.4 is 9.64 Å². The van der Waals surface area contributed by atoms with Gasteiger partial charge in [0, 0.05) is 25.2 Å². The summed E-state index contributed by atoms with van der Waals surface area (Å²) in [5.41, 5.74) is 1.94. The van der Waals surface area contributed by atoms with E-state index in [1.54, 1.807) is 13.3 Å². The number of anilines is 1. The summed E-state index contributed by atoms with van der Waals surface area (Å²) in [5, 5.41) is 8.81. The van der Waals surface area contributed by atoms with E-state index in [1.807, 2.05) is 24.3 Å². The van der Waals surface area contributed by atoms with E-state index < -0.39 is 0 Å². The van der Waals surface area contributed by atoms with E-state index in [0.717, 1.165) is 31.1 Å². The third-order valence-electron chi connectivity index (χ3n) is 3.98. The lowest BCUT2D eigenvalue weighted by atomic mass is 9.98. The SMILES string of the molecule is COc1ccc([C@H]2CCN(c3ccc(C#N)cn3)C2)cc1. The first-order chi connectivity index (χ1) is 10.3. The highest BCUT2D eigenvalue weighted by Gasteiger charge is 2.24. The molecule has 1 aliphatic rings. The van der Waals surface area contributed by atoms with Crippen LogP contribution in [0, 0.1) is 11.3 Å². The molecular weight excluding hydrogens is 262 g/mol. The highest BCUT2D eigenvalue weighted by Crippen LogP contribution is 2.30. The van der Waals surface area contributed by atoms with E-state index in [-0.39, 0.29) is 0 Å². The van der Waals surface area contributed by atoms with Crippen LogP contribution in [0.25, 0.3) is 0 Å². The predicted molar refractivity (Wildman–Crippen MR) is 81.5 cm³/mol. The van der Waals surface area contributed by atoms with E-state index in [1.165, 1.54) is 5.56 Å². The Morgan fingerprint density at radius 3 is 2.67 bits per heavy atom. The topological polar surface area (TPSA) is 49.1 Å². The summed E-state index contributed by atoms with van der Waals surface area (Å²) in [6, 6.07) is 14.1. The van der Waals surface area contributed by atoms with Crippen LogP contribution in [0.2, 0.25) is 0 Å². The molecule has 0 bridgehead atoms.